The lowest BCUT2D eigenvalue weighted by atomic mass is 10.0. The number of aryl methyl sites for hydroxylation is 1. The predicted molar refractivity (Wildman–Crippen MR) is 91.0 cm³/mol. The molecule has 1 N–H and O–H groups in total. The van der Waals surface area contributed by atoms with Crippen LogP contribution in [0.25, 0.3) is 10.8 Å². The Labute approximate surface area is 135 Å². The lowest BCUT2D eigenvalue weighted by molar-refractivity contribution is 0.0953. The van der Waals surface area contributed by atoms with Gasteiger partial charge in [0.15, 0.2) is 0 Å². The summed E-state index contributed by atoms with van der Waals surface area (Å²) in [6.07, 6.45) is 1.74. The van der Waals surface area contributed by atoms with Gasteiger partial charge in [-0.3, -0.25) is 4.79 Å². The number of carbonyl (C=O) groups excluding carboxylic acids is 1. The summed E-state index contributed by atoms with van der Waals surface area (Å²) in [5.41, 5.74) is 1.64. The zero-order chi connectivity index (χ0) is 16.1. The molecule has 0 aliphatic heterocycles. The lowest BCUT2D eigenvalue weighted by Gasteiger charge is -2.08. The minimum atomic E-state index is -0.395. The molecule has 0 unspecified atom stereocenters. The zero-order valence-electron chi connectivity index (χ0n) is 12.8. The zero-order valence-corrected chi connectivity index (χ0v) is 12.8. The van der Waals surface area contributed by atoms with E-state index in [0.29, 0.717) is 12.1 Å². The molecule has 23 heavy (non-hydrogen) atoms. The second-order valence-electron chi connectivity index (χ2n) is 5.51. The van der Waals surface area contributed by atoms with Crippen molar-refractivity contribution in [3.63, 3.8) is 0 Å². The van der Waals surface area contributed by atoms with Gasteiger partial charge in [0.1, 0.15) is 5.82 Å². The van der Waals surface area contributed by atoms with Crippen LogP contribution in [0.4, 0.5) is 4.39 Å². The van der Waals surface area contributed by atoms with Crippen LogP contribution in [0.15, 0.2) is 66.7 Å². The minimum absolute atomic E-state index is 0.234. The van der Waals surface area contributed by atoms with E-state index in [0.717, 1.165) is 12.8 Å². The van der Waals surface area contributed by atoms with Gasteiger partial charge in [-0.25, -0.2) is 4.39 Å². The molecular weight excluding hydrogens is 289 g/mol. The second kappa shape index (κ2) is 7.05. The number of hydrogen-bond acceptors (Lipinski definition) is 1. The molecule has 3 aromatic rings. The number of amides is 1. The van der Waals surface area contributed by atoms with Crippen molar-refractivity contribution in [3.05, 3.63) is 83.7 Å². The Morgan fingerprint density at radius 3 is 2.61 bits per heavy atom. The molecule has 0 aliphatic carbocycles. The van der Waals surface area contributed by atoms with Crippen molar-refractivity contribution in [3.8, 4) is 0 Å². The maximum Gasteiger partial charge on any atom is 0.251 e. The molecule has 2 nitrogen and oxygen atoms in total. The Bertz CT molecular complexity index is 823. The molecule has 1 amide bonds. The Hall–Kier alpha value is -2.68. The van der Waals surface area contributed by atoms with Crippen LogP contribution in [0.5, 0.6) is 0 Å². The predicted octanol–water partition coefficient (Wildman–Crippen LogP) is 4.34. The topological polar surface area (TPSA) is 29.1 Å². The molecular formula is C20H18FNO. The van der Waals surface area contributed by atoms with Crippen molar-refractivity contribution in [1.82, 2.24) is 5.32 Å². The first-order valence-corrected chi connectivity index (χ1v) is 7.74. The van der Waals surface area contributed by atoms with E-state index in [-0.39, 0.29) is 5.91 Å². The molecule has 0 aromatic heterocycles. The molecule has 116 valence electrons. The van der Waals surface area contributed by atoms with E-state index in [1.807, 2.05) is 12.1 Å². The van der Waals surface area contributed by atoms with Gasteiger partial charge in [-0.05, 0) is 47.4 Å². The van der Waals surface area contributed by atoms with Gasteiger partial charge in [-0.2, -0.15) is 0 Å². The molecule has 0 spiro atoms. The van der Waals surface area contributed by atoms with E-state index in [9.17, 15) is 9.18 Å². The van der Waals surface area contributed by atoms with Gasteiger partial charge >= 0.3 is 0 Å². The number of rotatable bonds is 5. The van der Waals surface area contributed by atoms with Crippen LogP contribution in [0.3, 0.4) is 0 Å². The highest BCUT2D eigenvalue weighted by molar-refractivity contribution is 5.94. The largest absolute Gasteiger partial charge is 0.352 e. The highest BCUT2D eigenvalue weighted by Crippen LogP contribution is 2.19. The highest BCUT2D eigenvalue weighted by Gasteiger charge is 2.06. The van der Waals surface area contributed by atoms with Crippen LogP contribution < -0.4 is 5.32 Å². The summed E-state index contributed by atoms with van der Waals surface area (Å²) < 4.78 is 13.1. The first kappa shape index (κ1) is 15.2. The van der Waals surface area contributed by atoms with Gasteiger partial charge in [-0.15, -0.1) is 0 Å². The molecule has 0 atom stereocenters. The fourth-order valence-corrected chi connectivity index (χ4v) is 2.72. The quantitative estimate of drug-likeness (QED) is 0.698. The molecule has 0 aliphatic rings. The first-order valence-electron chi connectivity index (χ1n) is 7.74. The third kappa shape index (κ3) is 3.75. The number of hydrogen-bond donors (Lipinski definition) is 1. The molecule has 0 bridgehead atoms. The fraction of sp³-hybridized carbons (Fsp3) is 0.150. The summed E-state index contributed by atoms with van der Waals surface area (Å²) in [5, 5.41) is 5.33. The molecule has 0 heterocycles. The van der Waals surface area contributed by atoms with E-state index < -0.39 is 5.82 Å². The monoisotopic (exact) mass is 307 g/mol. The van der Waals surface area contributed by atoms with Crippen molar-refractivity contribution in [1.29, 1.82) is 0 Å². The molecule has 3 aromatic carbocycles. The molecule has 0 saturated heterocycles. The summed E-state index contributed by atoms with van der Waals surface area (Å²) in [7, 11) is 0. The standard InChI is InChI=1S/C20H18FNO/c21-18-11-4-9-17(14-18)20(23)22-13-5-10-16-8-3-7-15-6-1-2-12-19(15)16/h1-4,6-9,11-12,14H,5,10,13H2,(H,22,23). The van der Waals surface area contributed by atoms with Crippen LogP contribution in [-0.4, -0.2) is 12.5 Å². The average Bonchev–Trinajstić information content (AvgIpc) is 2.58. The average molecular weight is 307 g/mol. The van der Waals surface area contributed by atoms with Crippen molar-refractivity contribution in [2.24, 2.45) is 0 Å². The van der Waals surface area contributed by atoms with E-state index in [1.165, 1.54) is 28.5 Å². The summed E-state index contributed by atoms with van der Waals surface area (Å²) in [4.78, 5) is 11.9. The Balaban J connectivity index is 1.56. The van der Waals surface area contributed by atoms with Crippen LogP contribution in [0.2, 0.25) is 0 Å². The summed E-state index contributed by atoms with van der Waals surface area (Å²) in [6, 6.07) is 20.3. The smallest absolute Gasteiger partial charge is 0.251 e. The van der Waals surface area contributed by atoms with Crippen molar-refractivity contribution >= 4 is 16.7 Å². The van der Waals surface area contributed by atoms with Gasteiger partial charge < -0.3 is 5.32 Å². The van der Waals surface area contributed by atoms with Crippen LogP contribution >= 0.6 is 0 Å². The number of benzene rings is 3. The summed E-state index contributed by atoms with van der Waals surface area (Å²) >= 11 is 0. The lowest BCUT2D eigenvalue weighted by Crippen LogP contribution is -2.24. The normalized spacial score (nSPS) is 10.7. The maximum atomic E-state index is 13.1. The van der Waals surface area contributed by atoms with Crippen LogP contribution in [-0.2, 0) is 6.42 Å². The van der Waals surface area contributed by atoms with E-state index in [2.05, 4.69) is 35.6 Å². The molecule has 0 fully saturated rings. The van der Waals surface area contributed by atoms with E-state index in [4.69, 9.17) is 0 Å². The third-order valence-corrected chi connectivity index (χ3v) is 3.88. The number of carbonyl (C=O) groups is 1. The van der Waals surface area contributed by atoms with Gasteiger partial charge in [0, 0.05) is 12.1 Å². The molecule has 3 rings (SSSR count). The number of fused-ring (bicyclic) bond motifs is 1. The van der Waals surface area contributed by atoms with Crippen molar-refractivity contribution in [2.45, 2.75) is 12.8 Å². The molecule has 3 heteroatoms. The van der Waals surface area contributed by atoms with Crippen LogP contribution in [0, 0.1) is 5.82 Å². The second-order valence-corrected chi connectivity index (χ2v) is 5.51. The number of halogens is 1. The Kier molecular flexibility index (Phi) is 4.67. The van der Waals surface area contributed by atoms with E-state index in [1.54, 1.807) is 12.1 Å². The molecule has 0 saturated carbocycles. The summed E-state index contributed by atoms with van der Waals surface area (Å²) in [5.74, 6) is -0.629. The third-order valence-electron chi connectivity index (χ3n) is 3.88. The minimum Gasteiger partial charge on any atom is -0.352 e. The van der Waals surface area contributed by atoms with Gasteiger partial charge in [0.05, 0.1) is 0 Å². The Morgan fingerprint density at radius 1 is 0.957 bits per heavy atom. The van der Waals surface area contributed by atoms with Crippen LogP contribution in [0.1, 0.15) is 22.3 Å². The fourth-order valence-electron chi connectivity index (χ4n) is 2.72. The first-order chi connectivity index (χ1) is 11.2. The molecule has 0 radical (unpaired) electrons. The van der Waals surface area contributed by atoms with E-state index >= 15 is 0 Å². The highest BCUT2D eigenvalue weighted by atomic mass is 19.1. The summed E-state index contributed by atoms with van der Waals surface area (Å²) in [6.45, 7) is 0.568. The van der Waals surface area contributed by atoms with Gasteiger partial charge in [0.2, 0.25) is 0 Å². The Morgan fingerprint density at radius 2 is 1.74 bits per heavy atom. The van der Waals surface area contributed by atoms with Crippen molar-refractivity contribution < 1.29 is 9.18 Å². The van der Waals surface area contributed by atoms with Gasteiger partial charge in [-0.1, -0.05) is 48.5 Å². The van der Waals surface area contributed by atoms with Gasteiger partial charge in [0.25, 0.3) is 5.91 Å². The SMILES string of the molecule is O=C(NCCCc1cccc2ccccc12)c1cccc(F)c1. The maximum absolute atomic E-state index is 13.1. The van der Waals surface area contributed by atoms with Crippen molar-refractivity contribution in [2.75, 3.05) is 6.54 Å². The number of nitrogens with one attached hydrogen (secondary N) is 1.